The Hall–Kier alpha value is 0.0800. The van der Waals surface area contributed by atoms with Crippen molar-refractivity contribution in [3.63, 3.8) is 0 Å². The predicted molar refractivity (Wildman–Crippen MR) is 165 cm³/mol. The molecule has 204 valence electrons. The molecule has 0 aliphatic heterocycles. The van der Waals surface area contributed by atoms with E-state index in [4.69, 9.17) is 0 Å². The van der Waals surface area contributed by atoms with Crippen LogP contribution in [0.1, 0.15) is 124 Å². The zero-order valence-corrected chi connectivity index (χ0v) is 26.6. The van der Waals surface area contributed by atoms with Crippen molar-refractivity contribution in [1.29, 1.82) is 0 Å². The zero-order chi connectivity index (χ0) is 25.8. The third-order valence-corrected chi connectivity index (χ3v) is 19.7. The third-order valence-electron chi connectivity index (χ3n) is 12.1. The Balaban J connectivity index is 1.33. The Labute approximate surface area is 231 Å². The fourth-order valence-electron chi connectivity index (χ4n) is 12.4. The maximum Gasteiger partial charge on any atom is -0.00568 e. The average Bonchev–Trinajstić information content (AvgIpc) is 2.74. The minimum atomic E-state index is -0.245. The van der Waals surface area contributed by atoms with Crippen LogP contribution in [0.2, 0.25) is 0 Å². The van der Waals surface area contributed by atoms with Gasteiger partial charge in [-0.1, -0.05) is 81.7 Å². The summed E-state index contributed by atoms with van der Waals surface area (Å²) in [4.78, 5) is 0. The molecular weight excluding hydrogens is 482 g/mol. The first-order valence-corrected chi connectivity index (χ1v) is 19.0. The third kappa shape index (κ3) is 4.45. The largest absolute Gasteiger partial charge is 0.0894 e. The minimum absolute atomic E-state index is 0.0125. The van der Waals surface area contributed by atoms with E-state index >= 15 is 0 Å². The smallest absolute Gasteiger partial charge is 0.00568 e. The summed E-state index contributed by atoms with van der Waals surface area (Å²) in [6.07, 6.45) is 20.8. The van der Waals surface area contributed by atoms with Crippen molar-refractivity contribution in [3.8, 4) is 0 Å². The highest BCUT2D eigenvalue weighted by atomic mass is 31.1. The summed E-state index contributed by atoms with van der Waals surface area (Å²) in [6, 6.07) is 10.00. The second-order valence-electron chi connectivity index (χ2n) is 17.2. The molecule has 0 radical (unpaired) electrons. The van der Waals surface area contributed by atoms with E-state index in [2.05, 4.69) is 65.8 Å². The number of rotatable bonds is 5. The summed E-state index contributed by atoms with van der Waals surface area (Å²) in [5.41, 5.74) is 1.80. The summed E-state index contributed by atoms with van der Waals surface area (Å²) in [6.45, 7) is 15.2. The molecule has 0 aromatic heterocycles. The highest BCUT2D eigenvalue weighted by Gasteiger charge is 2.62. The normalized spacial score (nSPS) is 43.1. The Morgan fingerprint density at radius 1 is 0.595 bits per heavy atom. The van der Waals surface area contributed by atoms with Gasteiger partial charge in [-0.2, -0.15) is 0 Å². The van der Waals surface area contributed by atoms with Crippen LogP contribution in [0.5, 0.6) is 0 Å². The van der Waals surface area contributed by atoms with Crippen LogP contribution >= 0.6 is 15.8 Å². The van der Waals surface area contributed by atoms with E-state index in [-0.39, 0.29) is 15.8 Å². The van der Waals surface area contributed by atoms with Gasteiger partial charge in [-0.25, -0.2) is 0 Å². The average molecular weight is 537 g/mol. The predicted octanol–water partition coefficient (Wildman–Crippen LogP) is 10.3. The van der Waals surface area contributed by atoms with Gasteiger partial charge < -0.3 is 0 Å². The van der Waals surface area contributed by atoms with Crippen LogP contribution in [-0.4, -0.2) is 20.6 Å². The number of hydrogen-bond donors (Lipinski definition) is 0. The first-order chi connectivity index (χ1) is 17.4. The molecule has 8 aliphatic carbocycles. The molecule has 8 aliphatic rings. The SMILES string of the molecule is CC(C)(C)P(c1ccccc1CP(C12CC3CC(CC(C3)C1)C2)C12CC3CC(CC(C3)C1)C2)C(C)(C)C. The maximum absolute atomic E-state index is 2.62. The van der Waals surface area contributed by atoms with Crippen molar-refractivity contribution in [1.82, 2.24) is 0 Å². The molecule has 0 atom stereocenters. The molecule has 1 aromatic carbocycles. The van der Waals surface area contributed by atoms with Gasteiger partial charge in [-0.3, -0.25) is 0 Å². The van der Waals surface area contributed by atoms with Crippen LogP contribution < -0.4 is 5.30 Å². The van der Waals surface area contributed by atoms with Crippen LogP contribution in [0.15, 0.2) is 24.3 Å². The Bertz CT molecular complexity index is 894. The highest BCUT2D eigenvalue weighted by Crippen LogP contribution is 2.79. The van der Waals surface area contributed by atoms with E-state index in [9.17, 15) is 0 Å². The van der Waals surface area contributed by atoms with Gasteiger partial charge in [0.1, 0.15) is 0 Å². The molecule has 0 heterocycles. The Morgan fingerprint density at radius 3 is 1.30 bits per heavy atom. The summed E-state index contributed by atoms with van der Waals surface area (Å²) >= 11 is 0. The van der Waals surface area contributed by atoms with Crippen LogP contribution in [0.4, 0.5) is 0 Å². The van der Waals surface area contributed by atoms with Crippen molar-refractivity contribution >= 4 is 21.1 Å². The monoisotopic (exact) mass is 536 g/mol. The Morgan fingerprint density at radius 2 is 0.946 bits per heavy atom. The molecule has 8 saturated carbocycles. The van der Waals surface area contributed by atoms with Crippen LogP contribution in [0.25, 0.3) is 0 Å². The van der Waals surface area contributed by atoms with E-state index in [1.807, 2.05) is 0 Å². The summed E-state index contributed by atoms with van der Waals surface area (Å²) in [7, 11) is -0.233. The van der Waals surface area contributed by atoms with Crippen LogP contribution in [-0.2, 0) is 6.16 Å². The second-order valence-corrected chi connectivity index (χ2v) is 24.1. The van der Waals surface area contributed by atoms with Gasteiger partial charge >= 0.3 is 0 Å². The van der Waals surface area contributed by atoms with Crippen molar-refractivity contribution in [2.75, 3.05) is 0 Å². The van der Waals surface area contributed by atoms with Gasteiger partial charge in [0.25, 0.3) is 0 Å². The zero-order valence-electron chi connectivity index (χ0n) is 24.9. The van der Waals surface area contributed by atoms with E-state index in [1.54, 1.807) is 87.9 Å². The molecule has 0 nitrogen and oxygen atoms in total. The summed E-state index contributed by atoms with van der Waals surface area (Å²) in [5, 5.41) is 3.92. The Kier molecular flexibility index (Phi) is 6.18. The molecular formula is C35H54P2. The lowest BCUT2D eigenvalue weighted by Crippen LogP contribution is -2.56. The molecule has 0 saturated heterocycles. The minimum Gasteiger partial charge on any atom is -0.0894 e. The van der Waals surface area contributed by atoms with Gasteiger partial charge in [-0.15, -0.1) is 0 Å². The van der Waals surface area contributed by atoms with Gasteiger partial charge in [0.15, 0.2) is 0 Å². The second kappa shape index (κ2) is 8.79. The van der Waals surface area contributed by atoms with Gasteiger partial charge in [0, 0.05) is 0 Å². The molecule has 1 aromatic rings. The molecule has 0 amide bonds. The van der Waals surface area contributed by atoms with E-state index in [0.717, 1.165) is 45.8 Å². The summed E-state index contributed by atoms with van der Waals surface area (Å²) < 4.78 is 0. The van der Waals surface area contributed by atoms with Gasteiger partial charge in [-0.05, 0) is 150 Å². The topological polar surface area (TPSA) is 0 Å². The molecule has 0 unspecified atom stereocenters. The molecule has 0 spiro atoms. The van der Waals surface area contributed by atoms with Crippen molar-refractivity contribution < 1.29 is 0 Å². The molecule has 9 rings (SSSR count). The maximum atomic E-state index is 2.62. The lowest BCUT2D eigenvalue weighted by molar-refractivity contribution is 0.0184. The first-order valence-electron chi connectivity index (χ1n) is 16.1. The fourth-order valence-corrected chi connectivity index (χ4v) is 21.8. The first kappa shape index (κ1) is 26.0. The quantitative estimate of drug-likeness (QED) is 0.328. The molecule has 8 bridgehead atoms. The highest BCUT2D eigenvalue weighted by molar-refractivity contribution is 7.68. The number of benzene rings is 1. The fraction of sp³-hybridized carbons (Fsp3) is 0.829. The lowest BCUT2D eigenvalue weighted by Gasteiger charge is -2.67. The molecule has 37 heavy (non-hydrogen) atoms. The van der Waals surface area contributed by atoms with Crippen molar-refractivity contribution in [2.24, 2.45) is 35.5 Å². The molecule has 0 N–H and O–H groups in total. The van der Waals surface area contributed by atoms with Crippen LogP contribution in [0.3, 0.4) is 0 Å². The lowest BCUT2D eigenvalue weighted by atomic mass is 9.55. The molecule has 2 heteroatoms. The van der Waals surface area contributed by atoms with E-state index in [0.29, 0.717) is 10.3 Å². The van der Waals surface area contributed by atoms with Crippen molar-refractivity contribution in [3.05, 3.63) is 29.8 Å². The van der Waals surface area contributed by atoms with Gasteiger partial charge in [0.2, 0.25) is 0 Å². The summed E-state index contributed by atoms with van der Waals surface area (Å²) in [5.74, 6) is 6.51. The van der Waals surface area contributed by atoms with E-state index in [1.165, 1.54) is 6.16 Å². The van der Waals surface area contributed by atoms with Gasteiger partial charge in [0.05, 0.1) is 0 Å². The number of hydrogen-bond acceptors (Lipinski definition) is 0. The molecule has 8 fully saturated rings. The van der Waals surface area contributed by atoms with Crippen LogP contribution in [0, 0.1) is 35.5 Å². The van der Waals surface area contributed by atoms with E-state index < -0.39 is 0 Å². The van der Waals surface area contributed by atoms with Crippen molar-refractivity contribution in [2.45, 2.75) is 145 Å². The standard InChI is InChI=1S/C35H54P2/c1-32(2,3)37(33(4,5)6)31-10-8-7-9-30(31)23-36(34-17-24-11-25(18-34)13-26(12-24)19-34)35-20-27-14-28(21-35)16-29(15-27)22-35/h7-10,24-29H,11-23H2,1-6H3.